The Morgan fingerprint density at radius 3 is 2.32 bits per heavy atom. The summed E-state index contributed by atoms with van der Waals surface area (Å²) in [6.45, 7) is 3.57. The monoisotopic (exact) mass is 267 g/mol. The maximum absolute atomic E-state index is 12.8. The van der Waals surface area contributed by atoms with Gasteiger partial charge in [-0.3, -0.25) is 4.79 Å². The normalized spacial score (nSPS) is 12.3. The Bertz CT molecular complexity index is 467. The van der Waals surface area contributed by atoms with Gasteiger partial charge in [0.1, 0.15) is 11.2 Å². The molecule has 5 nitrogen and oxygen atoms in total. The zero-order valence-corrected chi connectivity index (χ0v) is 11.0. The number of benzene rings is 1. The van der Waals surface area contributed by atoms with Crippen LogP contribution in [-0.4, -0.2) is 17.0 Å². The van der Waals surface area contributed by atoms with E-state index in [1.54, 1.807) is 13.8 Å². The van der Waals surface area contributed by atoms with E-state index in [0.717, 1.165) is 0 Å². The number of nitrogens with one attached hydrogen (secondary N) is 1. The Morgan fingerprint density at radius 2 is 1.89 bits per heavy atom. The molecule has 0 heterocycles. The van der Waals surface area contributed by atoms with Crippen LogP contribution in [0.1, 0.15) is 26.7 Å². The van der Waals surface area contributed by atoms with Crippen LogP contribution in [0.2, 0.25) is 0 Å². The van der Waals surface area contributed by atoms with Crippen molar-refractivity contribution < 1.29 is 14.4 Å². The van der Waals surface area contributed by atoms with Crippen molar-refractivity contribution >= 4 is 17.4 Å². The lowest BCUT2D eigenvalue weighted by molar-refractivity contribution is -0.122. The van der Waals surface area contributed by atoms with Gasteiger partial charge < -0.3 is 16.3 Å². The fraction of sp³-hybridized carbons (Fsp3) is 0.385. The summed E-state index contributed by atoms with van der Waals surface area (Å²) in [4.78, 5) is 12.3. The zero-order valence-electron chi connectivity index (χ0n) is 11.0. The summed E-state index contributed by atoms with van der Waals surface area (Å²) in [6, 6.07) is 5.41. The van der Waals surface area contributed by atoms with Crippen LogP contribution < -0.4 is 11.1 Å². The topological polar surface area (TPSA) is 87.7 Å². The van der Waals surface area contributed by atoms with Gasteiger partial charge in [0.25, 0.3) is 0 Å². The molecule has 0 radical (unpaired) electrons. The number of amidine groups is 1. The van der Waals surface area contributed by atoms with E-state index in [9.17, 15) is 9.18 Å². The first-order valence-corrected chi connectivity index (χ1v) is 6.05. The van der Waals surface area contributed by atoms with Crippen LogP contribution in [0, 0.1) is 11.2 Å². The molecule has 0 fully saturated rings. The van der Waals surface area contributed by atoms with Gasteiger partial charge in [0.15, 0.2) is 5.84 Å². The third kappa shape index (κ3) is 3.01. The van der Waals surface area contributed by atoms with E-state index in [1.165, 1.54) is 24.3 Å². The predicted molar refractivity (Wildman–Crippen MR) is 71.5 cm³/mol. The quantitative estimate of drug-likeness (QED) is 0.331. The second kappa shape index (κ2) is 6.17. The molecule has 0 saturated carbocycles. The van der Waals surface area contributed by atoms with Crippen molar-refractivity contribution in [2.75, 3.05) is 5.32 Å². The van der Waals surface area contributed by atoms with Crippen molar-refractivity contribution in [1.82, 2.24) is 0 Å². The molecule has 1 rings (SSSR count). The fourth-order valence-electron chi connectivity index (χ4n) is 1.93. The van der Waals surface area contributed by atoms with Crippen LogP contribution >= 0.6 is 0 Å². The van der Waals surface area contributed by atoms with Gasteiger partial charge in [0.05, 0.1) is 0 Å². The maximum atomic E-state index is 12.8. The molecular formula is C13H18FN3O2. The highest BCUT2D eigenvalue weighted by Gasteiger charge is 2.39. The number of rotatable bonds is 5. The number of anilines is 1. The highest BCUT2D eigenvalue weighted by atomic mass is 19.1. The molecule has 6 heteroatoms. The van der Waals surface area contributed by atoms with E-state index in [1.807, 2.05) is 0 Å². The summed E-state index contributed by atoms with van der Waals surface area (Å²) in [5.74, 6) is -0.886. The lowest BCUT2D eigenvalue weighted by atomic mass is 9.80. The smallest absolute Gasteiger partial charge is 0.238 e. The Labute approximate surface area is 111 Å². The predicted octanol–water partition coefficient (Wildman–Crippen LogP) is 2.32. The molecule has 0 bridgehead atoms. The van der Waals surface area contributed by atoms with Crippen LogP contribution in [0.4, 0.5) is 10.1 Å². The Morgan fingerprint density at radius 1 is 1.37 bits per heavy atom. The number of hydrogen-bond acceptors (Lipinski definition) is 3. The lowest BCUT2D eigenvalue weighted by Gasteiger charge is -2.28. The van der Waals surface area contributed by atoms with Gasteiger partial charge in [-0.15, -0.1) is 0 Å². The molecule has 0 atom stereocenters. The minimum atomic E-state index is -1.07. The van der Waals surface area contributed by atoms with Crippen molar-refractivity contribution in [2.24, 2.45) is 16.3 Å². The van der Waals surface area contributed by atoms with Crippen LogP contribution in [0.25, 0.3) is 0 Å². The van der Waals surface area contributed by atoms with Gasteiger partial charge in [0, 0.05) is 5.69 Å². The Kier molecular flexibility index (Phi) is 4.86. The number of nitrogens with zero attached hydrogens (tertiary/aromatic N) is 1. The van der Waals surface area contributed by atoms with Gasteiger partial charge in [-0.05, 0) is 37.1 Å². The van der Waals surface area contributed by atoms with Gasteiger partial charge in [-0.2, -0.15) is 0 Å². The first-order valence-electron chi connectivity index (χ1n) is 6.05. The highest BCUT2D eigenvalue weighted by Crippen LogP contribution is 2.28. The third-order valence-corrected chi connectivity index (χ3v) is 3.34. The lowest BCUT2D eigenvalue weighted by Crippen LogP contribution is -2.46. The second-order valence-corrected chi connectivity index (χ2v) is 4.24. The SMILES string of the molecule is CCC(CC)(C(=O)Nc1ccc(F)cc1)C(N)=NO. The van der Waals surface area contributed by atoms with E-state index in [-0.39, 0.29) is 17.6 Å². The first kappa shape index (κ1) is 14.9. The minimum absolute atomic E-state index is 0.128. The summed E-state index contributed by atoms with van der Waals surface area (Å²) in [5.41, 5.74) is 5.03. The highest BCUT2D eigenvalue weighted by molar-refractivity contribution is 6.11. The molecule has 0 aliphatic heterocycles. The van der Waals surface area contributed by atoms with Gasteiger partial charge in [0.2, 0.25) is 5.91 Å². The summed E-state index contributed by atoms with van der Waals surface area (Å²) < 4.78 is 12.8. The van der Waals surface area contributed by atoms with Crippen LogP contribution in [0.5, 0.6) is 0 Å². The number of carbonyl (C=O) groups excluding carboxylic acids is 1. The molecule has 0 spiro atoms. The van der Waals surface area contributed by atoms with E-state index >= 15 is 0 Å². The fourth-order valence-corrected chi connectivity index (χ4v) is 1.93. The second-order valence-electron chi connectivity index (χ2n) is 4.24. The van der Waals surface area contributed by atoms with Gasteiger partial charge in [-0.25, -0.2) is 4.39 Å². The third-order valence-electron chi connectivity index (χ3n) is 3.34. The molecular weight excluding hydrogens is 249 g/mol. The van der Waals surface area contributed by atoms with Crippen molar-refractivity contribution in [1.29, 1.82) is 0 Å². The summed E-state index contributed by atoms with van der Waals surface area (Å²) in [7, 11) is 0. The van der Waals surface area contributed by atoms with E-state index in [2.05, 4.69) is 10.5 Å². The maximum Gasteiger partial charge on any atom is 0.238 e. The van der Waals surface area contributed by atoms with Crippen molar-refractivity contribution in [3.63, 3.8) is 0 Å². The number of nitrogens with two attached hydrogens (primary N) is 1. The molecule has 0 saturated heterocycles. The number of amides is 1. The molecule has 1 aromatic rings. The molecule has 104 valence electrons. The molecule has 0 aromatic heterocycles. The largest absolute Gasteiger partial charge is 0.409 e. The molecule has 1 aromatic carbocycles. The summed E-state index contributed by atoms with van der Waals surface area (Å²) in [6.07, 6.45) is 0.791. The molecule has 0 aliphatic carbocycles. The zero-order chi connectivity index (χ0) is 14.5. The number of halogens is 1. The average molecular weight is 267 g/mol. The average Bonchev–Trinajstić information content (AvgIpc) is 2.43. The van der Waals surface area contributed by atoms with Gasteiger partial charge >= 0.3 is 0 Å². The van der Waals surface area contributed by atoms with Crippen molar-refractivity contribution in [2.45, 2.75) is 26.7 Å². The van der Waals surface area contributed by atoms with Gasteiger partial charge in [-0.1, -0.05) is 19.0 Å². The van der Waals surface area contributed by atoms with E-state index in [4.69, 9.17) is 10.9 Å². The Balaban J connectivity index is 2.98. The van der Waals surface area contributed by atoms with E-state index < -0.39 is 5.41 Å². The molecule has 0 aliphatic rings. The van der Waals surface area contributed by atoms with Crippen molar-refractivity contribution in [3.8, 4) is 0 Å². The number of oxime groups is 1. The molecule has 19 heavy (non-hydrogen) atoms. The van der Waals surface area contributed by atoms with Crippen LogP contribution in [0.3, 0.4) is 0 Å². The van der Waals surface area contributed by atoms with Crippen LogP contribution in [0.15, 0.2) is 29.4 Å². The number of hydrogen-bond donors (Lipinski definition) is 3. The standard InChI is InChI=1S/C13H18FN3O2/c1-3-13(4-2,11(15)17-19)12(18)16-10-7-5-9(14)6-8-10/h5-8,19H,3-4H2,1-2H3,(H2,15,17)(H,16,18). The summed E-state index contributed by atoms with van der Waals surface area (Å²) in [5, 5.41) is 14.4. The minimum Gasteiger partial charge on any atom is -0.409 e. The Hall–Kier alpha value is -2.11. The van der Waals surface area contributed by atoms with Crippen LogP contribution in [-0.2, 0) is 4.79 Å². The molecule has 1 amide bonds. The first-order chi connectivity index (χ1) is 9.00. The summed E-state index contributed by atoms with van der Waals surface area (Å²) >= 11 is 0. The number of carbonyl (C=O) groups is 1. The molecule has 0 unspecified atom stereocenters. The molecule has 4 N–H and O–H groups in total. The van der Waals surface area contributed by atoms with Crippen molar-refractivity contribution in [3.05, 3.63) is 30.1 Å². The van der Waals surface area contributed by atoms with E-state index in [0.29, 0.717) is 18.5 Å².